The molecule has 2 aromatic carbocycles. The zero-order valence-corrected chi connectivity index (χ0v) is 12.9. The number of ketones is 1. The number of ether oxygens (including phenoxy) is 1. The summed E-state index contributed by atoms with van der Waals surface area (Å²) >= 11 is 6.02. The molecule has 0 unspecified atom stereocenters. The van der Waals surface area contributed by atoms with E-state index in [1.54, 1.807) is 25.1 Å². The third-order valence-corrected chi connectivity index (χ3v) is 3.39. The first-order valence-electron chi connectivity index (χ1n) is 6.90. The van der Waals surface area contributed by atoms with Crippen LogP contribution in [0.1, 0.15) is 29.3 Å². The van der Waals surface area contributed by atoms with Crippen LogP contribution in [-0.2, 0) is 11.3 Å². The summed E-state index contributed by atoms with van der Waals surface area (Å²) < 4.78 is 5.12. The highest BCUT2D eigenvalue weighted by Gasteiger charge is 2.10. The predicted octanol–water partition coefficient (Wildman–Crippen LogP) is 4.68. The molecule has 1 amide bonds. The van der Waals surface area contributed by atoms with E-state index in [2.05, 4.69) is 5.32 Å². The summed E-state index contributed by atoms with van der Waals surface area (Å²) in [7, 11) is 0. The fourth-order valence-corrected chi connectivity index (χ4v) is 2.03. The minimum absolute atomic E-state index is 0.0163. The average molecular weight is 318 g/mol. The van der Waals surface area contributed by atoms with Gasteiger partial charge in [0.05, 0.1) is 10.7 Å². The Balaban J connectivity index is 2.00. The maximum absolute atomic E-state index is 11.8. The van der Waals surface area contributed by atoms with Gasteiger partial charge in [0.1, 0.15) is 6.61 Å². The molecule has 0 aromatic heterocycles. The van der Waals surface area contributed by atoms with Crippen molar-refractivity contribution in [1.29, 1.82) is 0 Å². The van der Waals surface area contributed by atoms with Crippen molar-refractivity contribution in [2.75, 3.05) is 5.32 Å². The number of carbonyl (C=O) groups excluding carboxylic acids is 2. The van der Waals surface area contributed by atoms with Crippen LogP contribution in [0.4, 0.5) is 10.5 Å². The van der Waals surface area contributed by atoms with E-state index in [1.165, 1.54) is 0 Å². The molecular weight excluding hydrogens is 302 g/mol. The Morgan fingerprint density at radius 1 is 1.14 bits per heavy atom. The Bertz CT molecular complexity index is 671. The lowest BCUT2D eigenvalue weighted by Gasteiger charge is -2.10. The smallest absolute Gasteiger partial charge is 0.412 e. The van der Waals surface area contributed by atoms with Gasteiger partial charge in [-0.05, 0) is 23.8 Å². The van der Waals surface area contributed by atoms with E-state index in [-0.39, 0.29) is 12.4 Å². The van der Waals surface area contributed by atoms with Crippen molar-refractivity contribution in [3.63, 3.8) is 0 Å². The van der Waals surface area contributed by atoms with Gasteiger partial charge in [0.25, 0.3) is 0 Å². The minimum Gasteiger partial charge on any atom is -0.444 e. The third-order valence-electron chi connectivity index (χ3n) is 3.06. The lowest BCUT2D eigenvalue weighted by molar-refractivity contribution is 0.0988. The fraction of sp³-hybridized carbons (Fsp3) is 0.176. The largest absolute Gasteiger partial charge is 0.444 e. The number of Topliss-reactive ketones (excluding diaryl/α,β-unsaturated/α-hetero) is 1. The lowest BCUT2D eigenvalue weighted by atomic mass is 10.1. The number of amides is 1. The summed E-state index contributed by atoms with van der Waals surface area (Å²) in [6.45, 7) is 1.94. The Morgan fingerprint density at radius 2 is 1.86 bits per heavy atom. The van der Waals surface area contributed by atoms with Gasteiger partial charge in [-0.15, -0.1) is 0 Å². The maximum atomic E-state index is 11.8. The van der Waals surface area contributed by atoms with Gasteiger partial charge in [0.2, 0.25) is 0 Å². The first kappa shape index (κ1) is 16.0. The number of anilines is 1. The van der Waals surface area contributed by atoms with Gasteiger partial charge >= 0.3 is 6.09 Å². The van der Waals surface area contributed by atoms with Gasteiger partial charge in [-0.25, -0.2) is 4.79 Å². The van der Waals surface area contributed by atoms with Crippen molar-refractivity contribution in [2.24, 2.45) is 0 Å². The summed E-state index contributed by atoms with van der Waals surface area (Å²) in [5.41, 5.74) is 1.75. The summed E-state index contributed by atoms with van der Waals surface area (Å²) in [6.07, 6.45) is -0.230. The highest BCUT2D eigenvalue weighted by atomic mass is 35.5. The molecule has 0 aliphatic carbocycles. The number of benzene rings is 2. The number of rotatable bonds is 5. The fourth-order valence-electron chi connectivity index (χ4n) is 1.87. The molecule has 0 saturated carbocycles. The lowest BCUT2D eigenvalue weighted by Crippen LogP contribution is -2.14. The number of halogens is 1. The molecule has 0 atom stereocenters. The molecule has 0 heterocycles. The van der Waals surface area contributed by atoms with Gasteiger partial charge in [-0.1, -0.05) is 48.9 Å². The summed E-state index contributed by atoms with van der Waals surface area (Å²) in [4.78, 5) is 23.5. The first-order valence-corrected chi connectivity index (χ1v) is 7.28. The van der Waals surface area contributed by atoms with E-state index < -0.39 is 6.09 Å². The van der Waals surface area contributed by atoms with Gasteiger partial charge < -0.3 is 4.74 Å². The molecule has 2 aromatic rings. The van der Waals surface area contributed by atoms with Crippen molar-refractivity contribution < 1.29 is 14.3 Å². The monoisotopic (exact) mass is 317 g/mol. The standard InChI is InChI=1S/C17H16ClNO3/c1-2-16(20)13-8-9-14(18)15(10-13)19-17(21)22-11-12-6-4-3-5-7-12/h3-10H,2,11H2,1H3,(H,19,21). The SMILES string of the molecule is CCC(=O)c1ccc(Cl)c(NC(=O)OCc2ccccc2)c1. The number of hydrogen-bond acceptors (Lipinski definition) is 3. The number of carbonyl (C=O) groups is 2. The van der Waals surface area contributed by atoms with E-state index in [9.17, 15) is 9.59 Å². The molecule has 22 heavy (non-hydrogen) atoms. The van der Waals surface area contributed by atoms with Crippen LogP contribution < -0.4 is 5.32 Å². The predicted molar refractivity (Wildman–Crippen MR) is 86.3 cm³/mol. The molecule has 0 fully saturated rings. The van der Waals surface area contributed by atoms with Crippen molar-refractivity contribution in [3.05, 3.63) is 64.7 Å². The molecule has 4 nitrogen and oxygen atoms in total. The Morgan fingerprint density at radius 3 is 2.55 bits per heavy atom. The maximum Gasteiger partial charge on any atom is 0.412 e. The van der Waals surface area contributed by atoms with Crippen LogP contribution in [0, 0.1) is 0 Å². The quantitative estimate of drug-likeness (QED) is 0.814. The molecular formula is C17H16ClNO3. The highest BCUT2D eigenvalue weighted by Crippen LogP contribution is 2.24. The topological polar surface area (TPSA) is 55.4 Å². The van der Waals surface area contributed by atoms with Crippen LogP contribution >= 0.6 is 11.6 Å². The summed E-state index contributed by atoms with van der Waals surface area (Å²) in [5, 5.41) is 2.91. The zero-order valence-electron chi connectivity index (χ0n) is 12.1. The second-order valence-corrected chi connectivity index (χ2v) is 5.07. The molecule has 1 N–H and O–H groups in total. The summed E-state index contributed by atoms with van der Waals surface area (Å²) in [5.74, 6) is -0.0163. The highest BCUT2D eigenvalue weighted by molar-refractivity contribution is 6.33. The van der Waals surface area contributed by atoms with Crippen molar-refractivity contribution in [1.82, 2.24) is 0 Å². The van der Waals surface area contributed by atoms with Crippen LogP contribution in [0.25, 0.3) is 0 Å². The van der Waals surface area contributed by atoms with Crippen molar-refractivity contribution in [3.8, 4) is 0 Å². The molecule has 2 rings (SSSR count). The average Bonchev–Trinajstić information content (AvgIpc) is 2.55. The van der Waals surface area contributed by atoms with E-state index in [4.69, 9.17) is 16.3 Å². The molecule has 0 spiro atoms. The summed E-state index contributed by atoms with van der Waals surface area (Å²) in [6, 6.07) is 14.1. The van der Waals surface area contributed by atoms with Crippen LogP contribution in [0.2, 0.25) is 5.02 Å². The molecule has 0 radical (unpaired) electrons. The van der Waals surface area contributed by atoms with Gasteiger partial charge in [-0.2, -0.15) is 0 Å². The number of hydrogen-bond donors (Lipinski definition) is 1. The molecule has 0 bridgehead atoms. The molecule has 5 heteroatoms. The van der Waals surface area contributed by atoms with Crippen LogP contribution in [0.3, 0.4) is 0 Å². The van der Waals surface area contributed by atoms with Crippen LogP contribution in [0.15, 0.2) is 48.5 Å². The Hall–Kier alpha value is -2.33. The van der Waals surface area contributed by atoms with E-state index in [0.717, 1.165) is 5.56 Å². The number of nitrogens with one attached hydrogen (secondary N) is 1. The van der Waals surface area contributed by atoms with Crippen LogP contribution in [-0.4, -0.2) is 11.9 Å². The van der Waals surface area contributed by atoms with Crippen LogP contribution in [0.5, 0.6) is 0 Å². The van der Waals surface area contributed by atoms with E-state index in [0.29, 0.717) is 22.7 Å². The molecule has 0 saturated heterocycles. The van der Waals surface area contributed by atoms with Crippen molar-refractivity contribution >= 4 is 29.2 Å². The minimum atomic E-state index is -0.619. The Kier molecular flexibility index (Phi) is 5.55. The van der Waals surface area contributed by atoms with Gasteiger partial charge in [0.15, 0.2) is 5.78 Å². The molecule has 0 aliphatic heterocycles. The normalized spacial score (nSPS) is 10.1. The zero-order chi connectivity index (χ0) is 15.9. The second kappa shape index (κ2) is 7.61. The van der Waals surface area contributed by atoms with Crippen molar-refractivity contribution in [2.45, 2.75) is 20.0 Å². The Labute approximate surface area is 134 Å². The first-order chi connectivity index (χ1) is 10.6. The molecule has 0 aliphatic rings. The van der Waals surface area contributed by atoms with Gasteiger partial charge in [-0.3, -0.25) is 10.1 Å². The van der Waals surface area contributed by atoms with E-state index >= 15 is 0 Å². The second-order valence-electron chi connectivity index (χ2n) is 4.66. The van der Waals surface area contributed by atoms with E-state index in [1.807, 2.05) is 30.3 Å². The molecule has 114 valence electrons. The van der Waals surface area contributed by atoms with Gasteiger partial charge in [0, 0.05) is 12.0 Å². The third kappa shape index (κ3) is 4.33.